The third-order valence-corrected chi connectivity index (χ3v) is 8.70. The van der Waals surface area contributed by atoms with Gasteiger partial charge in [-0.3, -0.25) is 14.4 Å². The number of nitrogens with zero attached hydrogens (tertiary/aromatic N) is 3. The van der Waals surface area contributed by atoms with Gasteiger partial charge in [-0.05, 0) is 80.0 Å². The number of halogens is 4. The lowest BCUT2D eigenvalue weighted by molar-refractivity contribution is -0.154. The Bertz CT molecular complexity index is 1780. The number of anilines is 3. The fourth-order valence-electron chi connectivity index (χ4n) is 5.36. The van der Waals surface area contributed by atoms with Crippen LogP contribution in [-0.4, -0.2) is 90.9 Å². The van der Waals surface area contributed by atoms with Crippen molar-refractivity contribution in [2.75, 3.05) is 44.6 Å². The van der Waals surface area contributed by atoms with E-state index in [4.69, 9.17) is 25.8 Å². The van der Waals surface area contributed by atoms with Crippen LogP contribution in [0.15, 0.2) is 48.5 Å². The van der Waals surface area contributed by atoms with Crippen molar-refractivity contribution in [1.82, 2.24) is 30.9 Å². The molecule has 1 unspecified atom stereocenters. The van der Waals surface area contributed by atoms with Gasteiger partial charge in [0.25, 0.3) is 5.91 Å². The van der Waals surface area contributed by atoms with Gasteiger partial charge in [-0.15, -0.1) is 0 Å². The molecule has 5 rings (SSSR count). The van der Waals surface area contributed by atoms with Gasteiger partial charge < -0.3 is 40.8 Å². The molecule has 2 fully saturated rings. The molecule has 284 valence electrons. The predicted molar refractivity (Wildman–Crippen MR) is 185 cm³/mol. The van der Waals surface area contributed by atoms with Crippen LogP contribution in [0.3, 0.4) is 0 Å². The van der Waals surface area contributed by atoms with Crippen molar-refractivity contribution in [3.05, 3.63) is 64.7 Å². The summed E-state index contributed by atoms with van der Waals surface area (Å²) in [5.41, 5.74) is 0.846. The number of carbonyl (C=O) groups is 4. The van der Waals surface area contributed by atoms with Gasteiger partial charge in [0.2, 0.25) is 11.9 Å². The maximum atomic E-state index is 13.1. The summed E-state index contributed by atoms with van der Waals surface area (Å²) in [4.78, 5) is 62.5. The molecule has 0 saturated heterocycles. The molecule has 19 heteroatoms. The lowest BCUT2D eigenvalue weighted by Gasteiger charge is -2.19. The van der Waals surface area contributed by atoms with Crippen molar-refractivity contribution < 1.29 is 46.6 Å². The number of methoxy groups -OCH3 is 2. The smallest absolute Gasteiger partial charge is 0.422 e. The highest BCUT2D eigenvalue weighted by molar-refractivity contribution is 6.35. The number of nitrogens with one attached hydrogen (secondary N) is 5. The summed E-state index contributed by atoms with van der Waals surface area (Å²) in [5.74, 6) is -3.03. The number of rotatable bonds is 17. The van der Waals surface area contributed by atoms with E-state index in [0.717, 1.165) is 25.5 Å². The number of hydrogen-bond donors (Lipinski definition) is 5. The van der Waals surface area contributed by atoms with Gasteiger partial charge in [-0.1, -0.05) is 23.7 Å². The SMILES string of the molecule is COCC(NC(=O)C(=O)NCC[C@H](NC(=O)c1ccc(Nc2nc(NC3(c4ccc(Cl)cc4)CC3)nc(OCC(F)(F)F)n2)cc1)C(=O)OC)C1CC1. The molecule has 3 aromatic rings. The number of aromatic nitrogens is 3. The van der Waals surface area contributed by atoms with E-state index in [1.807, 2.05) is 12.1 Å². The third kappa shape index (κ3) is 11.4. The molecule has 0 radical (unpaired) electrons. The van der Waals surface area contributed by atoms with E-state index in [-0.39, 0.29) is 49.0 Å². The quantitative estimate of drug-likeness (QED) is 0.0992. The van der Waals surface area contributed by atoms with E-state index in [1.54, 1.807) is 12.1 Å². The molecule has 1 aromatic heterocycles. The maximum absolute atomic E-state index is 13.1. The van der Waals surface area contributed by atoms with Gasteiger partial charge in [-0.25, -0.2) is 4.79 Å². The van der Waals surface area contributed by atoms with E-state index in [9.17, 15) is 32.3 Å². The van der Waals surface area contributed by atoms with E-state index in [2.05, 4.69) is 41.5 Å². The zero-order valence-corrected chi connectivity index (χ0v) is 29.5. The van der Waals surface area contributed by atoms with Gasteiger partial charge in [0.1, 0.15) is 6.04 Å². The zero-order valence-electron chi connectivity index (χ0n) is 28.7. The first-order valence-electron chi connectivity index (χ1n) is 16.6. The third-order valence-electron chi connectivity index (χ3n) is 8.45. The summed E-state index contributed by atoms with van der Waals surface area (Å²) >= 11 is 6.03. The van der Waals surface area contributed by atoms with Gasteiger partial charge in [0.05, 0.1) is 25.3 Å². The second kappa shape index (κ2) is 17.1. The van der Waals surface area contributed by atoms with E-state index < -0.39 is 54.1 Å². The summed E-state index contributed by atoms with van der Waals surface area (Å²) in [6.45, 7) is -1.46. The monoisotopic (exact) mass is 762 g/mol. The topological polar surface area (TPSA) is 195 Å². The van der Waals surface area contributed by atoms with Gasteiger partial charge in [0.15, 0.2) is 6.61 Å². The Kier molecular flexibility index (Phi) is 12.6. The summed E-state index contributed by atoms with van der Waals surface area (Å²) in [5, 5.41) is 14.3. The minimum absolute atomic E-state index is 0.0256. The number of ether oxygens (including phenoxy) is 3. The molecule has 0 bridgehead atoms. The second-order valence-electron chi connectivity index (χ2n) is 12.6. The van der Waals surface area contributed by atoms with Crippen LogP contribution in [0.5, 0.6) is 6.01 Å². The second-order valence-corrected chi connectivity index (χ2v) is 13.0. The van der Waals surface area contributed by atoms with Crippen LogP contribution in [-0.2, 0) is 29.4 Å². The molecule has 2 aliphatic rings. The van der Waals surface area contributed by atoms with Crippen LogP contribution in [0, 0.1) is 5.92 Å². The van der Waals surface area contributed by atoms with Crippen molar-refractivity contribution in [1.29, 1.82) is 0 Å². The first-order chi connectivity index (χ1) is 25.3. The molecule has 2 aliphatic carbocycles. The Morgan fingerprint density at radius 2 is 1.60 bits per heavy atom. The first-order valence-corrected chi connectivity index (χ1v) is 17.0. The number of hydrogen-bond acceptors (Lipinski definition) is 12. The number of esters is 1. The molecule has 2 aromatic carbocycles. The average Bonchev–Trinajstić information content (AvgIpc) is 4.07. The number of alkyl halides is 3. The van der Waals surface area contributed by atoms with Crippen LogP contribution in [0.25, 0.3) is 0 Å². The highest BCUT2D eigenvalue weighted by Crippen LogP contribution is 2.48. The van der Waals surface area contributed by atoms with Crippen LogP contribution in [0.2, 0.25) is 5.02 Å². The molecule has 15 nitrogen and oxygen atoms in total. The Hall–Kier alpha value is -5.23. The molecule has 3 amide bonds. The summed E-state index contributed by atoms with van der Waals surface area (Å²) in [7, 11) is 2.65. The van der Waals surface area contributed by atoms with Crippen LogP contribution in [0.4, 0.5) is 30.8 Å². The van der Waals surface area contributed by atoms with Crippen molar-refractivity contribution >= 4 is 52.9 Å². The largest absolute Gasteiger partial charge is 0.467 e. The number of benzene rings is 2. The van der Waals surface area contributed by atoms with E-state index in [1.165, 1.54) is 31.4 Å². The normalized spacial score (nSPS) is 15.7. The van der Waals surface area contributed by atoms with Gasteiger partial charge in [-0.2, -0.15) is 28.1 Å². The molecule has 2 atom stereocenters. The highest BCUT2D eigenvalue weighted by Gasteiger charge is 2.45. The Labute approximate surface area is 307 Å². The fourth-order valence-corrected chi connectivity index (χ4v) is 5.48. The van der Waals surface area contributed by atoms with Crippen molar-refractivity contribution in [3.63, 3.8) is 0 Å². The van der Waals surface area contributed by atoms with Crippen LogP contribution in [0.1, 0.15) is 48.0 Å². The van der Waals surface area contributed by atoms with Crippen LogP contribution < -0.4 is 31.3 Å². The summed E-state index contributed by atoms with van der Waals surface area (Å²) in [6, 6.07) is 11.0. The highest BCUT2D eigenvalue weighted by atomic mass is 35.5. The molecule has 2 saturated carbocycles. The fraction of sp³-hybridized carbons (Fsp3) is 0.441. The molecule has 0 aliphatic heterocycles. The number of amides is 3. The average molecular weight is 763 g/mol. The lowest BCUT2D eigenvalue weighted by atomic mass is 10.1. The number of carbonyl (C=O) groups excluding carboxylic acids is 4. The van der Waals surface area contributed by atoms with Gasteiger partial charge >= 0.3 is 30.0 Å². The minimum Gasteiger partial charge on any atom is -0.467 e. The summed E-state index contributed by atoms with van der Waals surface area (Å²) in [6.07, 6.45) is -1.41. The zero-order chi connectivity index (χ0) is 38.2. The van der Waals surface area contributed by atoms with Crippen molar-refractivity contribution in [3.8, 4) is 6.01 Å². The van der Waals surface area contributed by atoms with Crippen LogP contribution >= 0.6 is 11.6 Å². The molecule has 5 N–H and O–H groups in total. The van der Waals surface area contributed by atoms with Gasteiger partial charge in [0, 0.05) is 29.9 Å². The Balaban J connectivity index is 1.20. The molecular weight excluding hydrogens is 725 g/mol. The predicted octanol–water partition coefficient (Wildman–Crippen LogP) is 3.63. The molecule has 1 heterocycles. The Morgan fingerprint density at radius 3 is 2.21 bits per heavy atom. The first kappa shape index (κ1) is 39.0. The molecular formula is C34H38ClF3N8O7. The van der Waals surface area contributed by atoms with E-state index >= 15 is 0 Å². The lowest BCUT2D eigenvalue weighted by Crippen LogP contribution is -2.48. The summed E-state index contributed by atoms with van der Waals surface area (Å²) < 4.78 is 53.6. The van der Waals surface area contributed by atoms with E-state index in [0.29, 0.717) is 23.6 Å². The van der Waals surface area contributed by atoms with Crippen molar-refractivity contribution in [2.24, 2.45) is 5.92 Å². The van der Waals surface area contributed by atoms with Crippen molar-refractivity contribution in [2.45, 2.75) is 55.9 Å². The maximum Gasteiger partial charge on any atom is 0.422 e. The Morgan fingerprint density at radius 1 is 0.925 bits per heavy atom. The molecule has 53 heavy (non-hydrogen) atoms. The minimum atomic E-state index is -4.63. The molecule has 0 spiro atoms. The standard InChI is InChI=1S/C34H38ClF3N8O7/c1-51-17-25(19-3-4-19)42-28(49)27(48)39-16-13-24(29(50)52-2)41-26(47)20-5-11-23(12-6-20)40-30-43-31(45-32(44-30)53-18-34(36,37)38)46-33(14-15-33)21-7-9-22(35)10-8-21/h5-12,19,24-25H,3-4,13-18H2,1-2H3,(H,39,48)(H,41,47)(H,42,49)(H2,40,43,44,45,46)/t24-,25?/m0/s1.